The van der Waals surface area contributed by atoms with E-state index in [9.17, 15) is 9.90 Å². The van der Waals surface area contributed by atoms with Crippen LogP contribution in [0.3, 0.4) is 0 Å². The minimum atomic E-state index is -0.665. The van der Waals surface area contributed by atoms with Gasteiger partial charge in [-0.15, -0.1) is 0 Å². The number of rotatable bonds is 2. The second-order valence-corrected chi connectivity index (χ2v) is 5.35. The number of carboxylic acids is 1. The Morgan fingerprint density at radius 3 is 2.53 bits per heavy atom. The van der Waals surface area contributed by atoms with E-state index in [2.05, 4.69) is 22.6 Å². The van der Waals surface area contributed by atoms with Crippen LogP contribution in [0.25, 0.3) is 0 Å². The van der Waals surface area contributed by atoms with Crippen molar-refractivity contribution in [3.8, 4) is 0 Å². The van der Waals surface area contributed by atoms with Crippen molar-refractivity contribution in [1.29, 1.82) is 0 Å². The highest BCUT2D eigenvalue weighted by molar-refractivity contribution is 14.1. The van der Waals surface area contributed by atoms with Gasteiger partial charge in [0.2, 0.25) is 0 Å². The zero-order valence-electron chi connectivity index (χ0n) is 8.37. The van der Waals surface area contributed by atoms with Crippen LogP contribution < -0.4 is 0 Å². The third kappa shape index (κ3) is 1.89. The number of carboxylic acid groups (broad SMARTS) is 1. The van der Waals surface area contributed by atoms with Gasteiger partial charge < -0.3 is 5.11 Å². The molecule has 0 saturated heterocycles. The fourth-order valence-electron chi connectivity index (χ4n) is 2.39. The second-order valence-electron chi connectivity index (χ2n) is 4.10. The molecule has 3 heteroatoms. The minimum absolute atomic E-state index is 0.610. The number of aliphatic carboxylic acids is 1. The van der Waals surface area contributed by atoms with Crippen LogP contribution in [0.5, 0.6) is 0 Å². The highest BCUT2D eigenvalue weighted by atomic mass is 127. The van der Waals surface area contributed by atoms with Crippen molar-refractivity contribution >= 4 is 28.6 Å². The van der Waals surface area contributed by atoms with E-state index in [0.717, 1.165) is 34.8 Å². The number of carbonyl (C=O) groups is 1. The fraction of sp³-hybridized carbons (Fsp3) is 0.417. The maximum absolute atomic E-state index is 11.4. The third-order valence-corrected chi connectivity index (χ3v) is 3.91. The number of hydrogen-bond acceptors (Lipinski definition) is 1. The average Bonchev–Trinajstić information content (AvgIpc) is 2.67. The first kappa shape index (κ1) is 10.9. The van der Waals surface area contributed by atoms with Crippen LogP contribution in [0.15, 0.2) is 24.3 Å². The van der Waals surface area contributed by atoms with Crippen LogP contribution in [-0.2, 0) is 10.2 Å². The summed E-state index contributed by atoms with van der Waals surface area (Å²) in [4.78, 5) is 11.4. The van der Waals surface area contributed by atoms with Crippen molar-refractivity contribution in [2.45, 2.75) is 31.1 Å². The summed E-state index contributed by atoms with van der Waals surface area (Å²) in [6.07, 6.45) is 3.61. The Morgan fingerprint density at radius 1 is 1.33 bits per heavy atom. The summed E-state index contributed by atoms with van der Waals surface area (Å²) in [7, 11) is 0. The minimum Gasteiger partial charge on any atom is -0.481 e. The quantitative estimate of drug-likeness (QED) is 0.851. The standard InChI is InChI=1S/C12H13IO2/c13-10-5-3-4-9(8-10)12(11(14)15)6-1-2-7-12/h3-5,8H,1-2,6-7H2,(H,14,15). The zero-order valence-corrected chi connectivity index (χ0v) is 10.5. The predicted octanol–water partition coefficient (Wildman–Crippen LogP) is 3.19. The molecule has 1 aliphatic rings. The molecule has 1 saturated carbocycles. The number of halogens is 1. The summed E-state index contributed by atoms with van der Waals surface area (Å²) in [5.41, 5.74) is 0.362. The van der Waals surface area contributed by atoms with Crippen LogP contribution >= 0.6 is 22.6 Å². The van der Waals surface area contributed by atoms with Crippen molar-refractivity contribution in [3.05, 3.63) is 33.4 Å². The first-order valence-electron chi connectivity index (χ1n) is 5.15. The van der Waals surface area contributed by atoms with Crippen LogP contribution in [0.2, 0.25) is 0 Å². The molecule has 0 aliphatic heterocycles. The Balaban J connectivity index is 2.45. The van der Waals surface area contributed by atoms with Gasteiger partial charge in [0.15, 0.2) is 0 Å². The highest BCUT2D eigenvalue weighted by Gasteiger charge is 2.42. The Labute approximate surface area is 103 Å². The van der Waals surface area contributed by atoms with Gasteiger partial charge >= 0.3 is 5.97 Å². The maximum Gasteiger partial charge on any atom is 0.314 e. The number of hydrogen-bond donors (Lipinski definition) is 1. The molecule has 0 bridgehead atoms. The van der Waals surface area contributed by atoms with Crippen LogP contribution in [0.1, 0.15) is 31.2 Å². The van der Waals surface area contributed by atoms with E-state index in [0.29, 0.717) is 0 Å². The molecular formula is C12H13IO2. The van der Waals surface area contributed by atoms with Crippen molar-refractivity contribution in [2.75, 3.05) is 0 Å². The smallest absolute Gasteiger partial charge is 0.314 e. The SMILES string of the molecule is O=C(O)C1(c2cccc(I)c2)CCCC1. The largest absolute Gasteiger partial charge is 0.481 e. The topological polar surface area (TPSA) is 37.3 Å². The van der Waals surface area contributed by atoms with Crippen LogP contribution in [0, 0.1) is 3.57 Å². The van der Waals surface area contributed by atoms with Gasteiger partial charge in [-0.05, 0) is 53.1 Å². The van der Waals surface area contributed by atoms with Gasteiger partial charge in [-0.1, -0.05) is 25.0 Å². The van der Waals surface area contributed by atoms with Gasteiger partial charge in [0.05, 0.1) is 5.41 Å². The molecule has 1 N–H and O–H groups in total. The second kappa shape index (κ2) is 4.12. The van der Waals surface area contributed by atoms with E-state index in [4.69, 9.17) is 0 Å². The zero-order chi connectivity index (χ0) is 10.9. The van der Waals surface area contributed by atoms with Gasteiger partial charge in [0.25, 0.3) is 0 Å². The molecular weight excluding hydrogens is 303 g/mol. The lowest BCUT2D eigenvalue weighted by Crippen LogP contribution is -2.32. The molecule has 2 nitrogen and oxygen atoms in total. The summed E-state index contributed by atoms with van der Waals surface area (Å²) in [6, 6.07) is 7.89. The van der Waals surface area contributed by atoms with Crippen molar-refractivity contribution in [3.63, 3.8) is 0 Å². The maximum atomic E-state index is 11.4. The molecule has 0 atom stereocenters. The monoisotopic (exact) mass is 316 g/mol. The lowest BCUT2D eigenvalue weighted by atomic mass is 9.79. The lowest BCUT2D eigenvalue weighted by Gasteiger charge is -2.24. The highest BCUT2D eigenvalue weighted by Crippen LogP contribution is 2.41. The summed E-state index contributed by atoms with van der Waals surface area (Å²) >= 11 is 2.23. The molecule has 1 aliphatic carbocycles. The van der Waals surface area contributed by atoms with E-state index in [1.807, 2.05) is 24.3 Å². The first-order valence-corrected chi connectivity index (χ1v) is 6.22. The van der Waals surface area contributed by atoms with Gasteiger partial charge in [0.1, 0.15) is 0 Å². The Morgan fingerprint density at radius 2 is 2.00 bits per heavy atom. The normalized spacial score (nSPS) is 19.0. The van der Waals surface area contributed by atoms with E-state index in [-0.39, 0.29) is 0 Å². The first-order chi connectivity index (χ1) is 7.15. The molecule has 0 spiro atoms. The molecule has 1 fully saturated rings. The summed E-state index contributed by atoms with van der Waals surface area (Å²) in [5.74, 6) is -0.665. The van der Waals surface area contributed by atoms with E-state index >= 15 is 0 Å². The molecule has 0 aromatic heterocycles. The van der Waals surface area contributed by atoms with Gasteiger partial charge in [-0.25, -0.2) is 0 Å². The van der Waals surface area contributed by atoms with Gasteiger partial charge in [-0.3, -0.25) is 4.79 Å². The van der Waals surface area contributed by atoms with E-state index in [1.54, 1.807) is 0 Å². The lowest BCUT2D eigenvalue weighted by molar-refractivity contribution is -0.143. The Hall–Kier alpha value is -0.580. The fourth-order valence-corrected chi connectivity index (χ4v) is 2.93. The van der Waals surface area contributed by atoms with Crippen LogP contribution in [0.4, 0.5) is 0 Å². The molecule has 0 amide bonds. The summed E-state index contributed by atoms with van der Waals surface area (Å²) < 4.78 is 1.11. The molecule has 1 aromatic carbocycles. The summed E-state index contributed by atoms with van der Waals surface area (Å²) in [5, 5.41) is 9.41. The third-order valence-electron chi connectivity index (χ3n) is 3.24. The van der Waals surface area contributed by atoms with E-state index in [1.165, 1.54) is 0 Å². The van der Waals surface area contributed by atoms with Crippen molar-refractivity contribution < 1.29 is 9.90 Å². The number of benzene rings is 1. The van der Waals surface area contributed by atoms with Crippen LogP contribution in [-0.4, -0.2) is 11.1 Å². The van der Waals surface area contributed by atoms with Crippen molar-refractivity contribution in [1.82, 2.24) is 0 Å². The van der Waals surface area contributed by atoms with Gasteiger partial charge in [-0.2, -0.15) is 0 Å². The molecule has 1 aromatic rings. The average molecular weight is 316 g/mol. The molecule has 2 rings (SSSR count). The van der Waals surface area contributed by atoms with E-state index < -0.39 is 11.4 Å². The molecule has 0 unspecified atom stereocenters. The Kier molecular flexibility index (Phi) is 3.00. The molecule has 0 radical (unpaired) electrons. The molecule has 0 heterocycles. The van der Waals surface area contributed by atoms with Gasteiger partial charge in [0, 0.05) is 3.57 Å². The molecule has 15 heavy (non-hydrogen) atoms. The Bertz CT molecular complexity index is 381. The summed E-state index contributed by atoms with van der Waals surface area (Å²) in [6.45, 7) is 0. The molecule has 80 valence electrons. The van der Waals surface area contributed by atoms with Crippen molar-refractivity contribution in [2.24, 2.45) is 0 Å². The predicted molar refractivity (Wildman–Crippen MR) is 66.9 cm³/mol.